The van der Waals surface area contributed by atoms with E-state index >= 15 is 0 Å². The van der Waals surface area contributed by atoms with Crippen LogP contribution in [-0.4, -0.2) is 6.29 Å². The highest BCUT2D eigenvalue weighted by Gasteiger charge is 1.92. The van der Waals surface area contributed by atoms with Gasteiger partial charge in [-0.15, -0.1) is 0 Å². The quantitative estimate of drug-likeness (QED) is 0.305. The van der Waals surface area contributed by atoms with Gasteiger partial charge < -0.3 is 3.83 Å². The summed E-state index contributed by atoms with van der Waals surface area (Å²) in [5.41, 5.74) is 0.671. The highest BCUT2D eigenvalue weighted by Crippen LogP contribution is 2.05. The van der Waals surface area contributed by atoms with Crippen molar-refractivity contribution >= 4 is 22.5 Å². The first-order valence-electron chi connectivity index (χ1n) is 2.87. The molecule has 0 aliphatic rings. The van der Waals surface area contributed by atoms with Crippen molar-refractivity contribution in [1.82, 2.24) is 0 Å². The smallest absolute Gasteiger partial charge is 0.179 e. The normalized spacial score (nSPS) is 10.8. The van der Waals surface area contributed by atoms with Gasteiger partial charge in [-0.3, -0.25) is 4.79 Å². The fraction of sp³-hybridized carbons (Fsp3) is 0.286. The molecule has 0 fully saturated rings. The van der Waals surface area contributed by atoms with Crippen molar-refractivity contribution in [2.24, 2.45) is 0 Å². The van der Waals surface area contributed by atoms with E-state index in [-0.39, 0.29) is 0 Å². The van der Waals surface area contributed by atoms with Gasteiger partial charge in [0.15, 0.2) is 16.3 Å². The lowest BCUT2D eigenvalue weighted by molar-refractivity contribution is -0.105. The van der Waals surface area contributed by atoms with Crippen molar-refractivity contribution in [3.63, 3.8) is 0 Å². The summed E-state index contributed by atoms with van der Waals surface area (Å²) in [6.07, 6.45) is 3.07. The lowest BCUT2D eigenvalue weighted by Gasteiger charge is -1.94. The van der Waals surface area contributed by atoms with E-state index in [0.29, 0.717) is 17.8 Å². The minimum Gasteiger partial charge on any atom is -0.419 e. The van der Waals surface area contributed by atoms with Crippen molar-refractivity contribution in [3.8, 4) is 0 Å². The largest absolute Gasteiger partial charge is 0.419 e. The Morgan fingerprint density at radius 2 is 2.40 bits per heavy atom. The zero-order valence-electron chi connectivity index (χ0n) is 5.76. The van der Waals surface area contributed by atoms with Crippen molar-refractivity contribution in [1.29, 1.82) is 0 Å². The standard InChI is InChI=1S/C7H9BrO2/c1-3-7(5-9)4-6(2)10-8/h4-5H,2-3H2,1H3/b7-4+. The van der Waals surface area contributed by atoms with Crippen LogP contribution in [0, 0.1) is 0 Å². The molecule has 10 heavy (non-hydrogen) atoms. The first-order chi connectivity index (χ1) is 4.74. The predicted molar refractivity (Wildman–Crippen MR) is 43.6 cm³/mol. The number of halogens is 1. The summed E-state index contributed by atoms with van der Waals surface area (Å²) in [6.45, 7) is 5.40. The van der Waals surface area contributed by atoms with Crippen molar-refractivity contribution in [2.45, 2.75) is 13.3 Å². The molecular weight excluding hydrogens is 196 g/mol. The molecule has 0 bridgehead atoms. The molecule has 0 N–H and O–H groups in total. The zero-order chi connectivity index (χ0) is 7.98. The summed E-state index contributed by atoms with van der Waals surface area (Å²) in [6, 6.07) is 0. The monoisotopic (exact) mass is 204 g/mol. The van der Waals surface area contributed by atoms with E-state index in [1.807, 2.05) is 6.92 Å². The number of hydrogen-bond donors (Lipinski definition) is 0. The number of hydrogen-bond acceptors (Lipinski definition) is 2. The van der Waals surface area contributed by atoms with Gasteiger partial charge in [0.2, 0.25) is 0 Å². The van der Waals surface area contributed by atoms with Crippen LogP contribution in [-0.2, 0) is 8.62 Å². The molecule has 0 unspecified atom stereocenters. The van der Waals surface area contributed by atoms with Gasteiger partial charge in [-0.25, -0.2) is 0 Å². The van der Waals surface area contributed by atoms with E-state index in [1.54, 1.807) is 6.08 Å². The van der Waals surface area contributed by atoms with Crippen LogP contribution in [0.1, 0.15) is 13.3 Å². The Bertz CT molecular complexity index is 161. The van der Waals surface area contributed by atoms with Gasteiger partial charge in [0, 0.05) is 0 Å². The highest BCUT2D eigenvalue weighted by atomic mass is 79.9. The maximum Gasteiger partial charge on any atom is 0.179 e. The second kappa shape index (κ2) is 5.23. The first-order valence-corrected chi connectivity index (χ1v) is 3.52. The lowest BCUT2D eigenvalue weighted by atomic mass is 10.2. The summed E-state index contributed by atoms with van der Waals surface area (Å²) < 4.78 is 4.57. The predicted octanol–water partition coefficient (Wildman–Crippen LogP) is 2.36. The molecule has 56 valence electrons. The van der Waals surface area contributed by atoms with E-state index in [2.05, 4.69) is 26.7 Å². The second-order valence-electron chi connectivity index (χ2n) is 1.73. The molecule has 0 atom stereocenters. The SMILES string of the molecule is C=C(/C=C(/C=O)CC)OBr. The molecule has 0 amide bonds. The van der Waals surface area contributed by atoms with E-state index < -0.39 is 0 Å². The summed E-state index contributed by atoms with van der Waals surface area (Å²) in [5, 5.41) is 0. The van der Waals surface area contributed by atoms with Gasteiger partial charge in [0.1, 0.15) is 12.0 Å². The highest BCUT2D eigenvalue weighted by molar-refractivity contribution is 9.06. The Morgan fingerprint density at radius 3 is 2.70 bits per heavy atom. The maximum atomic E-state index is 10.2. The summed E-state index contributed by atoms with van der Waals surface area (Å²) in [4.78, 5) is 10.2. The molecular formula is C7H9BrO2. The molecule has 0 aliphatic heterocycles. The molecule has 0 aliphatic carbocycles. The van der Waals surface area contributed by atoms with Crippen LogP contribution < -0.4 is 0 Å². The second-order valence-corrected chi connectivity index (χ2v) is 2.06. The number of allylic oxidation sites excluding steroid dienone is 2. The number of rotatable bonds is 4. The molecule has 0 spiro atoms. The third-order valence-corrected chi connectivity index (χ3v) is 1.42. The van der Waals surface area contributed by atoms with Crippen molar-refractivity contribution in [2.75, 3.05) is 0 Å². The van der Waals surface area contributed by atoms with Crippen LogP contribution in [0.5, 0.6) is 0 Å². The summed E-state index contributed by atoms with van der Waals surface area (Å²) in [5.74, 6) is 0.434. The topological polar surface area (TPSA) is 26.3 Å². The minimum absolute atomic E-state index is 0.434. The molecule has 0 radical (unpaired) electrons. The van der Waals surface area contributed by atoms with Crippen LogP contribution in [0.15, 0.2) is 24.0 Å². The Kier molecular flexibility index (Phi) is 4.94. The molecule has 0 saturated carbocycles. The molecule has 0 heterocycles. The average molecular weight is 205 g/mol. The third kappa shape index (κ3) is 3.45. The van der Waals surface area contributed by atoms with Gasteiger partial charge in [0.25, 0.3) is 0 Å². The summed E-state index contributed by atoms with van der Waals surface area (Å²) >= 11 is 2.74. The molecule has 0 rings (SSSR count). The number of carbonyl (C=O) groups excluding carboxylic acids is 1. The van der Waals surface area contributed by atoms with Gasteiger partial charge >= 0.3 is 0 Å². The van der Waals surface area contributed by atoms with Gasteiger partial charge in [-0.1, -0.05) is 13.5 Å². The maximum absolute atomic E-state index is 10.2. The van der Waals surface area contributed by atoms with Crippen LogP contribution in [0.25, 0.3) is 0 Å². The van der Waals surface area contributed by atoms with Crippen LogP contribution in [0.2, 0.25) is 0 Å². The Hall–Kier alpha value is -0.570. The van der Waals surface area contributed by atoms with E-state index in [1.165, 1.54) is 0 Å². The van der Waals surface area contributed by atoms with Crippen LogP contribution >= 0.6 is 16.3 Å². The minimum atomic E-state index is 0.434. The van der Waals surface area contributed by atoms with Crippen molar-refractivity contribution in [3.05, 3.63) is 24.0 Å². The summed E-state index contributed by atoms with van der Waals surface area (Å²) in [7, 11) is 0. The molecule has 2 nitrogen and oxygen atoms in total. The average Bonchev–Trinajstić information content (AvgIpc) is 1.99. The third-order valence-electron chi connectivity index (χ3n) is 1.01. The van der Waals surface area contributed by atoms with Crippen LogP contribution in [0.3, 0.4) is 0 Å². The fourth-order valence-corrected chi connectivity index (χ4v) is 0.542. The zero-order valence-corrected chi connectivity index (χ0v) is 7.35. The van der Waals surface area contributed by atoms with Gasteiger partial charge in [-0.2, -0.15) is 0 Å². The number of aldehydes is 1. The van der Waals surface area contributed by atoms with Crippen LogP contribution in [0.4, 0.5) is 0 Å². The first kappa shape index (κ1) is 9.43. The van der Waals surface area contributed by atoms with E-state index in [4.69, 9.17) is 0 Å². The molecule has 0 aromatic heterocycles. The lowest BCUT2D eigenvalue weighted by Crippen LogP contribution is -1.83. The van der Waals surface area contributed by atoms with E-state index in [0.717, 1.165) is 6.29 Å². The fourth-order valence-electron chi connectivity index (χ4n) is 0.448. The number of carbonyl (C=O) groups is 1. The van der Waals surface area contributed by atoms with Crippen molar-refractivity contribution < 1.29 is 8.62 Å². The molecule has 3 heteroatoms. The Labute approximate surface area is 69.0 Å². The molecule has 0 saturated heterocycles. The van der Waals surface area contributed by atoms with Gasteiger partial charge in [-0.05, 0) is 18.1 Å². The molecule has 0 aromatic carbocycles. The Balaban J connectivity index is 4.09. The molecule has 0 aromatic rings. The van der Waals surface area contributed by atoms with Gasteiger partial charge in [0.05, 0.1) is 0 Å². The van der Waals surface area contributed by atoms with E-state index in [9.17, 15) is 4.79 Å². The Morgan fingerprint density at radius 1 is 1.80 bits per heavy atom.